The Morgan fingerprint density at radius 2 is 1.87 bits per heavy atom. The van der Waals surface area contributed by atoms with Crippen LogP contribution in [0.1, 0.15) is 12.5 Å². The van der Waals surface area contributed by atoms with E-state index in [1.54, 1.807) is 19.1 Å². The average molecular weight is 224 g/mol. The first-order valence-electron chi connectivity index (χ1n) is 4.93. The molecule has 1 aromatic carbocycles. The van der Waals surface area contributed by atoms with Crippen molar-refractivity contribution >= 4 is 15.0 Å². The number of benzene rings is 1. The van der Waals surface area contributed by atoms with Gasteiger partial charge in [-0.3, -0.25) is 0 Å². The van der Waals surface area contributed by atoms with Gasteiger partial charge in [0.15, 0.2) is 14.6 Å². The van der Waals surface area contributed by atoms with Crippen molar-refractivity contribution in [2.45, 2.75) is 25.6 Å². The highest BCUT2D eigenvalue weighted by atomic mass is 28.3. The zero-order chi connectivity index (χ0) is 11.5. The fourth-order valence-electron chi connectivity index (χ4n) is 1.47. The molecule has 82 valence electrons. The molecular formula is C11H16O3Si. The van der Waals surface area contributed by atoms with Crippen molar-refractivity contribution in [2.24, 2.45) is 0 Å². The zero-order valence-electron chi connectivity index (χ0n) is 9.23. The third-order valence-electron chi connectivity index (χ3n) is 2.20. The van der Waals surface area contributed by atoms with Gasteiger partial charge in [-0.2, -0.15) is 0 Å². The van der Waals surface area contributed by atoms with Gasteiger partial charge >= 0.3 is 5.97 Å². The molecule has 0 aliphatic carbocycles. The summed E-state index contributed by atoms with van der Waals surface area (Å²) in [5.41, 5.74) is -0.513. The van der Waals surface area contributed by atoms with Gasteiger partial charge in [-0.1, -0.05) is 30.3 Å². The van der Waals surface area contributed by atoms with Crippen molar-refractivity contribution in [1.82, 2.24) is 0 Å². The molecule has 1 aromatic rings. The van der Waals surface area contributed by atoms with E-state index in [0.717, 1.165) is 0 Å². The second kappa shape index (κ2) is 4.59. The smallest absolute Gasteiger partial charge is 0.339 e. The van der Waals surface area contributed by atoms with E-state index >= 15 is 0 Å². The molecule has 4 heteroatoms. The van der Waals surface area contributed by atoms with Crippen LogP contribution in [-0.2, 0) is 14.8 Å². The predicted molar refractivity (Wildman–Crippen MR) is 61.4 cm³/mol. The maximum absolute atomic E-state index is 11.3. The van der Waals surface area contributed by atoms with Crippen molar-refractivity contribution in [3.63, 3.8) is 0 Å². The van der Waals surface area contributed by atoms with Crippen LogP contribution in [0, 0.1) is 0 Å². The molecule has 1 atom stereocenters. The Balaban J connectivity index is 3.07. The van der Waals surface area contributed by atoms with Crippen molar-refractivity contribution in [3.05, 3.63) is 35.9 Å². The van der Waals surface area contributed by atoms with E-state index in [-0.39, 0.29) is 0 Å². The molecule has 0 saturated carbocycles. The number of hydrogen-bond donors (Lipinski definition) is 1. The summed E-state index contributed by atoms with van der Waals surface area (Å²) < 4.78 is 5.62. The van der Waals surface area contributed by atoms with Crippen molar-refractivity contribution in [1.29, 1.82) is 0 Å². The molecule has 0 amide bonds. The Labute approximate surface area is 91.4 Å². The molecule has 0 aliphatic rings. The summed E-state index contributed by atoms with van der Waals surface area (Å²) in [7, 11) is -1.40. The number of carboxylic acids is 1. The molecule has 1 N–H and O–H groups in total. The first-order chi connectivity index (χ1) is 6.97. The van der Waals surface area contributed by atoms with E-state index in [1.807, 2.05) is 31.3 Å². The molecule has 0 spiro atoms. The van der Waals surface area contributed by atoms with Gasteiger partial charge in [0.1, 0.15) is 0 Å². The fourth-order valence-corrected chi connectivity index (χ4v) is 2.65. The second-order valence-corrected chi connectivity index (χ2v) is 6.20. The van der Waals surface area contributed by atoms with Gasteiger partial charge in [0.2, 0.25) is 0 Å². The molecule has 1 rings (SSSR count). The fraction of sp³-hybridized carbons (Fsp3) is 0.364. The lowest BCUT2D eigenvalue weighted by atomic mass is 9.97. The first-order valence-corrected chi connectivity index (χ1v) is 7.71. The van der Waals surface area contributed by atoms with Crippen molar-refractivity contribution in [3.8, 4) is 0 Å². The van der Waals surface area contributed by atoms with Crippen LogP contribution in [-0.4, -0.2) is 20.1 Å². The lowest BCUT2D eigenvalue weighted by Crippen LogP contribution is -2.38. The maximum atomic E-state index is 11.3. The van der Waals surface area contributed by atoms with E-state index in [4.69, 9.17) is 4.43 Å². The van der Waals surface area contributed by atoms with Crippen LogP contribution < -0.4 is 0 Å². The summed E-state index contributed by atoms with van der Waals surface area (Å²) >= 11 is 0. The van der Waals surface area contributed by atoms with Crippen LogP contribution in [0.25, 0.3) is 0 Å². The molecule has 0 fully saturated rings. The Morgan fingerprint density at radius 3 is 2.27 bits per heavy atom. The minimum absolute atomic E-state index is 0.693. The minimum Gasteiger partial charge on any atom is -0.479 e. The molecule has 0 saturated heterocycles. The predicted octanol–water partition coefficient (Wildman–Crippen LogP) is 1.99. The molecular weight excluding hydrogens is 208 g/mol. The van der Waals surface area contributed by atoms with E-state index in [0.29, 0.717) is 5.56 Å². The lowest BCUT2D eigenvalue weighted by molar-refractivity contribution is -0.155. The highest BCUT2D eigenvalue weighted by molar-refractivity contribution is 6.48. The van der Waals surface area contributed by atoms with Crippen molar-refractivity contribution < 1.29 is 14.3 Å². The quantitative estimate of drug-likeness (QED) is 0.796. The molecule has 0 bridgehead atoms. The minimum atomic E-state index is -1.40. The molecule has 0 heterocycles. The Morgan fingerprint density at radius 1 is 1.33 bits per heavy atom. The van der Waals surface area contributed by atoms with Crippen LogP contribution in [0.2, 0.25) is 13.1 Å². The maximum Gasteiger partial charge on any atom is 0.339 e. The molecule has 15 heavy (non-hydrogen) atoms. The highest BCUT2D eigenvalue weighted by Gasteiger charge is 2.36. The van der Waals surface area contributed by atoms with Crippen LogP contribution in [0.4, 0.5) is 0 Å². The third kappa shape index (κ3) is 2.67. The van der Waals surface area contributed by atoms with Gasteiger partial charge in [-0.05, 0) is 25.6 Å². The van der Waals surface area contributed by atoms with E-state index in [2.05, 4.69) is 0 Å². The first kappa shape index (κ1) is 11.9. The second-order valence-electron chi connectivity index (χ2n) is 3.87. The van der Waals surface area contributed by atoms with Gasteiger partial charge in [-0.25, -0.2) is 4.79 Å². The zero-order valence-corrected chi connectivity index (χ0v) is 10.4. The van der Waals surface area contributed by atoms with Gasteiger partial charge in [0.05, 0.1) is 0 Å². The van der Waals surface area contributed by atoms with Gasteiger partial charge < -0.3 is 9.53 Å². The van der Waals surface area contributed by atoms with E-state index in [9.17, 15) is 9.90 Å². The number of carbonyl (C=O) groups is 1. The number of carboxylic acid groups (broad SMARTS) is 1. The van der Waals surface area contributed by atoms with Crippen LogP contribution in [0.5, 0.6) is 0 Å². The third-order valence-corrected chi connectivity index (χ3v) is 3.15. The summed E-state index contributed by atoms with van der Waals surface area (Å²) in [5, 5.41) is 9.23. The van der Waals surface area contributed by atoms with Crippen LogP contribution in [0.15, 0.2) is 30.3 Å². The summed E-state index contributed by atoms with van der Waals surface area (Å²) in [6.07, 6.45) is 0. The standard InChI is InChI=1S/C11H16O3Si/c1-11(10(12)13,14-15(2)3)9-7-5-4-6-8-9/h4-8,15H,1-3H3,(H,12,13). The van der Waals surface area contributed by atoms with Gasteiger partial charge in [0, 0.05) is 0 Å². The van der Waals surface area contributed by atoms with Crippen molar-refractivity contribution in [2.75, 3.05) is 0 Å². The van der Waals surface area contributed by atoms with E-state index in [1.165, 1.54) is 0 Å². The molecule has 1 unspecified atom stereocenters. The lowest BCUT2D eigenvalue weighted by Gasteiger charge is -2.28. The molecule has 0 aliphatic heterocycles. The highest BCUT2D eigenvalue weighted by Crippen LogP contribution is 2.26. The molecule has 3 nitrogen and oxygen atoms in total. The summed E-state index contributed by atoms with van der Waals surface area (Å²) in [6, 6.07) is 9.07. The van der Waals surface area contributed by atoms with E-state index < -0.39 is 20.6 Å². The SMILES string of the molecule is C[SiH](C)OC(C)(C(=O)O)c1ccccc1. The van der Waals surface area contributed by atoms with Crippen LogP contribution in [0.3, 0.4) is 0 Å². The number of hydrogen-bond acceptors (Lipinski definition) is 2. The van der Waals surface area contributed by atoms with Gasteiger partial charge in [-0.15, -0.1) is 0 Å². The monoisotopic (exact) mass is 224 g/mol. The van der Waals surface area contributed by atoms with Crippen LogP contribution >= 0.6 is 0 Å². The largest absolute Gasteiger partial charge is 0.479 e. The molecule has 0 radical (unpaired) electrons. The average Bonchev–Trinajstić information content (AvgIpc) is 2.17. The Bertz CT molecular complexity index is 337. The molecule has 0 aromatic heterocycles. The topological polar surface area (TPSA) is 46.5 Å². The number of rotatable bonds is 4. The Hall–Kier alpha value is -1.13. The number of aliphatic carboxylic acids is 1. The summed E-state index contributed by atoms with van der Waals surface area (Å²) in [5.74, 6) is -0.935. The summed E-state index contributed by atoms with van der Waals surface area (Å²) in [6.45, 7) is 5.53. The normalized spacial score (nSPS) is 14.9. The Kier molecular flexibility index (Phi) is 3.65. The summed E-state index contributed by atoms with van der Waals surface area (Å²) in [4.78, 5) is 11.3. The van der Waals surface area contributed by atoms with Gasteiger partial charge in [0.25, 0.3) is 0 Å².